The Hall–Kier alpha value is -1.55. The van der Waals surface area contributed by atoms with E-state index in [-0.39, 0.29) is 11.9 Å². The molecule has 0 bridgehead atoms. The van der Waals surface area contributed by atoms with E-state index in [0.717, 1.165) is 10.0 Å². The smallest absolute Gasteiger partial charge is 0.142 e. The van der Waals surface area contributed by atoms with E-state index >= 15 is 0 Å². The van der Waals surface area contributed by atoms with Gasteiger partial charge in [-0.3, -0.25) is 0 Å². The van der Waals surface area contributed by atoms with Crippen LogP contribution in [0.15, 0.2) is 46.9 Å². The summed E-state index contributed by atoms with van der Waals surface area (Å²) in [6.45, 7) is 0.537. The molecule has 92 valence electrons. The lowest BCUT2D eigenvalue weighted by atomic mass is 10.1. The third-order valence-electron chi connectivity index (χ3n) is 2.93. The van der Waals surface area contributed by atoms with Crippen LogP contribution in [0.4, 0.5) is 10.1 Å². The Balaban J connectivity index is 1.90. The lowest BCUT2D eigenvalue weighted by Crippen LogP contribution is -2.23. The summed E-state index contributed by atoms with van der Waals surface area (Å²) >= 11 is 3.44. The molecule has 0 saturated carbocycles. The number of hydrogen-bond donors (Lipinski definition) is 1. The summed E-state index contributed by atoms with van der Waals surface area (Å²) in [5, 5.41) is 3.30. The number of fused-ring (bicyclic) bond motifs is 1. The van der Waals surface area contributed by atoms with Gasteiger partial charge < -0.3 is 10.1 Å². The van der Waals surface area contributed by atoms with Crippen molar-refractivity contribution in [1.82, 2.24) is 0 Å². The molecule has 0 aromatic heterocycles. The van der Waals surface area contributed by atoms with Crippen LogP contribution in [0, 0.1) is 5.82 Å². The maximum atomic E-state index is 13.2. The first kappa shape index (κ1) is 11.5. The highest BCUT2D eigenvalue weighted by Gasteiger charge is 2.20. The van der Waals surface area contributed by atoms with Crippen LogP contribution in [-0.2, 0) is 0 Å². The molecule has 1 unspecified atom stereocenters. The van der Waals surface area contributed by atoms with E-state index in [4.69, 9.17) is 4.74 Å². The van der Waals surface area contributed by atoms with Crippen molar-refractivity contribution in [3.8, 4) is 5.75 Å². The van der Waals surface area contributed by atoms with Crippen molar-refractivity contribution in [3.05, 3.63) is 58.3 Å². The Morgan fingerprint density at radius 1 is 1.22 bits per heavy atom. The number of hydrogen-bond acceptors (Lipinski definition) is 2. The summed E-state index contributed by atoms with van der Waals surface area (Å²) in [6.07, 6.45) is 0. The molecule has 0 fully saturated rings. The lowest BCUT2D eigenvalue weighted by molar-refractivity contribution is 0.286. The fourth-order valence-electron chi connectivity index (χ4n) is 2.05. The van der Waals surface area contributed by atoms with Crippen molar-refractivity contribution < 1.29 is 9.13 Å². The van der Waals surface area contributed by atoms with E-state index in [0.29, 0.717) is 18.0 Å². The fourth-order valence-corrected chi connectivity index (χ4v) is 2.46. The summed E-state index contributed by atoms with van der Waals surface area (Å²) in [5.41, 5.74) is 1.81. The standard InChI is InChI=1S/C14H11BrFNO/c15-10-3-1-2-9(6-10)13-8-18-14-5-4-11(16)7-12(14)17-13/h1-7,13,17H,8H2. The van der Waals surface area contributed by atoms with Gasteiger partial charge in [-0.25, -0.2) is 4.39 Å². The first-order valence-electron chi connectivity index (χ1n) is 5.67. The summed E-state index contributed by atoms with van der Waals surface area (Å²) in [6, 6.07) is 12.6. The van der Waals surface area contributed by atoms with Gasteiger partial charge >= 0.3 is 0 Å². The van der Waals surface area contributed by atoms with Gasteiger partial charge in [-0.15, -0.1) is 0 Å². The largest absolute Gasteiger partial charge is 0.489 e. The van der Waals surface area contributed by atoms with E-state index in [2.05, 4.69) is 21.2 Å². The number of ether oxygens (including phenoxy) is 1. The molecule has 0 saturated heterocycles. The zero-order valence-corrected chi connectivity index (χ0v) is 11.1. The minimum Gasteiger partial charge on any atom is -0.489 e. The predicted octanol–water partition coefficient (Wildman–Crippen LogP) is 4.13. The Bertz CT molecular complexity index is 588. The second-order valence-corrected chi connectivity index (χ2v) is 5.12. The van der Waals surface area contributed by atoms with E-state index < -0.39 is 0 Å². The molecule has 0 aliphatic carbocycles. The first-order valence-corrected chi connectivity index (χ1v) is 6.46. The molecule has 4 heteroatoms. The Morgan fingerprint density at radius 3 is 2.94 bits per heavy atom. The topological polar surface area (TPSA) is 21.3 Å². The molecule has 0 amide bonds. The van der Waals surface area contributed by atoms with Gasteiger partial charge in [0.15, 0.2) is 0 Å². The van der Waals surface area contributed by atoms with Crippen molar-refractivity contribution >= 4 is 21.6 Å². The van der Waals surface area contributed by atoms with Crippen molar-refractivity contribution in [2.45, 2.75) is 6.04 Å². The van der Waals surface area contributed by atoms with E-state index in [1.165, 1.54) is 12.1 Å². The molecule has 2 aromatic rings. The van der Waals surface area contributed by atoms with Crippen LogP contribution in [0.2, 0.25) is 0 Å². The van der Waals surface area contributed by atoms with Crippen LogP contribution >= 0.6 is 15.9 Å². The number of halogens is 2. The Labute approximate surface area is 113 Å². The Morgan fingerprint density at radius 2 is 2.11 bits per heavy atom. The number of benzene rings is 2. The highest BCUT2D eigenvalue weighted by atomic mass is 79.9. The molecule has 1 atom stereocenters. The van der Waals surface area contributed by atoms with Crippen LogP contribution in [0.3, 0.4) is 0 Å². The summed E-state index contributed by atoms with van der Waals surface area (Å²) in [7, 11) is 0. The maximum absolute atomic E-state index is 13.2. The van der Waals surface area contributed by atoms with E-state index in [1.807, 2.05) is 24.3 Å². The Kier molecular flexibility index (Phi) is 2.96. The molecular weight excluding hydrogens is 297 g/mol. The fraction of sp³-hybridized carbons (Fsp3) is 0.143. The minimum atomic E-state index is -0.264. The molecule has 2 aromatic carbocycles. The molecule has 1 heterocycles. The molecule has 0 radical (unpaired) electrons. The highest BCUT2D eigenvalue weighted by Crippen LogP contribution is 2.34. The second kappa shape index (κ2) is 4.61. The average molecular weight is 308 g/mol. The van der Waals surface area contributed by atoms with Crippen LogP contribution in [-0.4, -0.2) is 6.61 Å². The van der Waals surface area contributed by atoms with Crippen molar-refractivity contribution in [2.75, 3.05) is 11.9 Å². The van der Waals surface area contributed by atoms with Crippen LogP contribution < -0.4 is 10.1 Å². The van der Waals surface area contributed by atoms with Gasteiger partial charge in [-0.1, -0.05) is 28.1 Å². The normalized spacial score (nSPS) is 17.6. The summed E-state index contributed by atoms with van der Waals surface area (Å²) in [4.78, 5) is 0. The van der Waals surface area contributed by atoms with Gasteiger partial charge in [-0.2, -0.15) is 0 Å². The number of anilines is 1. The molecule has 1 aliphatic heterocycles. The lowest BCUT2D eigenvalue weighted by Gasteiger charge is -2.27. The SMILES string of the molecule is Fc1ccc2c(c1)NC(c1cccc(Br)c1)CO2. The third-order valence-corrected chi connectivity index (χ3v) is 3.42. The third kappa shape index (κ3) is 2.20. The maximum Gasteiger partial charge on any atom is 0.142 e. The predicted molar refractivity (Wildman–Crippen MR) is 72.4 cm³/mol. The van der Waals surface area contributed by atoms with Crippen LogP contribution in [0.5, 0.6) is 5.75 Å². The number of rotatable bonds is 1. The van der Waals surface area contributed by atoms with Gasteiger partial charge in [-0.05, 0) is 29.8 Å². The summed E-state index contributed by atoms with van der Waals surface area (Å²) < 4.78 is 19.8. The van der Waals surface area contributed by atoms with Gasteiger partial charge in [0.05, 0.1) is 11.7 Å². The highest BCUT2D eigenvalue weighted by molar-refractivity contribution is 9.10. The number of nitrogens with one attached hydrogen (secondary N) is 1. The molecule has 2 nitrogen and oxygen atoms in total. The quantitative estimate of drug-likeness (QED) is 0.855. The molecule has 1 aliphatic rings. The summed E-state index contributed by atoms with van der Waals surface area (Å²) in [5.74, 6) is 0.433. The zero-order valence-electron chi connectivity index (χ0n) is 9.49. The van der Waals surface area contributed by atoms with Gasteiger partial charge in [0.25, 0.3) is 0 Å². The molecule has 1 N–H and O–H groups in total. The van der Waals surface area contributed by atoms with Crippen LogP contribution in [0.25, 0.3) is 0 Å². The second-order valence-electron chi connectivity index (χ2n) is 4.20. The first-order chi connectivity index (χ1) is 8.72. The van der Waals surface area contributed by atoms with E-state index in [1.54, 1.807) is 6.07 Å². The van der Waals surface area contributed by atoms with Crippen molar-refractivity contribution in [3.63, 3.8) is 0 Å². The molecule has 0 spiro atoms. The van der Waals surface area contributed by atoms with Crippen LogP contribution in [0.1, 0.15) is 11.6 Å². The molecule has 18 heavy (non-hydrogen) atoms. The minimum absolute atomic E-state index is 0.0387. The average Bonchev–Trinajstić information content (AvgIpc) is 2.38. The van der Waals surface area contributed by atoms with Gasteiger partial charge in [0.2, 0.25) is 0 Å². The zero-order chi connectivity index (χ0) is 12.5. The molecule has 3 rings (SSSR count). The monoisotopic (exact) mass is 307 g/mol. The van der Waals surface area contributed by atoms with E-state index in [9.17, 15) is 4.39 Å². The van der Waals surface area contributed by atoms with Crippen molar-refractivity contribution in [1.29, 1.82) is 0 Å². The van der Waals surface area contributed by atoms with Gasteiger partial charge in [0.1, 0.15) is 18.2 Å². The molecular formula is C14H11BrFNO. The van der Waals surface area contributed by atoms with Crippen molar-refractivity contribution in [2.24, 2.45) is 0 Å². The van der Waals surface area contributed by atoms with Gasteiger partial charge in [0, 0.05) is 10.5 Å².